The second-order valence-electron chi connectivity index (χ2n) is 7.20. The lowest BCUT2D eigenvalue weighted by molar-refractivity contribution is -0.0503. The molecule has 1 aromatic carbocycles. The summed E-state index contributed by atoms with van der Waals surface area (Å²) >= 11 is 0. The van der Waals surface area contributed by atoms with Gasteiger partial charge in [-0.2, -0.15) is 4.98 Å². The average Bonchev–Trinajstić information content (AvgIpc) is 3.38. The third-order valence-electron chi connectivity index (χ3n) is 5.22. The number of nitrogens with one attached hydrogen (secondary N) is 2. The van der Waals surface area contributed by atoms with Crippen LogP contribution >= 0.6 is 0 Å². The topological polar surface area (TPSA) is 220 Å². The molecule has 166 valence electrons. The maximum atomic E-state index is 12.3. The van der Waals surface area contributed by atoms with E-state index in [1.807, 2.05) is 0 Å². The molecule has 1 saturated heterocycles. The molecule has 0 spiro atoms. The molecular weight excluding hydrogens is 424 g/mol. The van der Waals surface area contributed by atoms with Gasteiger partial charge in [0.05, 0.1) is 12.1 Å². The lowest BCUT2D eigenvalue weighted by atomic mass is 10.1. The fourth-order valence-electron chi connectivity index (χ4n) is 3.70. The molecule has 4 heterocycles. The van der Waals surface area contributed by atoms with Gasteiger partial charge < -0.3 is 35.9 Å². The van der Waals surface area contributed by atoms with E-state index in [-0.39, 0.29) is 34.6 Å². The first-order chi connectivity index (χ1) is 15.4. The number of nitrogens with zero attached hydrogens (tertiary/aromatic N) is 5. The van der Waals surface area contributed by atoms with Crippen molar-refractivity contribution in [3.05, 3.63) is 34.6 Å². The minimum Gasteiger partial charge on any atom is -0.493 e. The molecule has 0 saturated carbocycles. The number of fused-ring (bicyclic) bond motifs is 2. The van der Waals surface area contributed by atoms with Crippen LogP contribution < -0.4 is 11.3 Å². The van der Waals surface area contributed by atoms with E-state index in [9.17, 15) is 25.2 Å². The molecule has 0 amide bonds. The number of aliphatic hydroxyl groups is 3. The van der Waals surface area contributed by atoms with Crippen LogP contribution in [0.2, 0.25) is 0 Å². The molecule has 0 radical (unpaired) electrons. The van der Waals surface area contributed by atoms with E-state index >= 15 is 0 Å². The van der Waals surface area contributed by atoms with E-state index < -0.39 is 36.7 Å². The zero-order valence-corrected chi connectivity index (χ0v) is 16.2. The Hall–Kier alpha value is -3.85. The number of aliphatic hydroxyl groups excluding tert-OH is 3. The van der Waals surface area contributed by atoms with E-state index in [0.29, 0.717) is 10.9 Å². The molecule has 0 aliphatic carbocycles. The van der Waals surface area contributed by atoms with Crippen molar-refractivity contribution >= 4 is 39.7 Å². The second kappa shape index (κ2) is 7.38. The van der Waals surface area contributed by atoms with Crippen LogP contribution in [0.4, 0.5) is 17.6 Å². The lowest BCUT2D eigenvalue weighted by Gasteiger charge is -2.17. The number of hydrogen-bond acceptors (Lipinski definition) is 11. The van der Waals surface area contributed by atoms with Crippen molar-refractivity contribution in [2.45, 2.75) is 24.5 Å². The normalized spacial score (nSPS) is 23.7. The fourth-order valence-corrected chi connectivity index (χ4v) is 3.70. The Kier molecular flexibility index (Phi) is 4.63. The largest absolute Gasteiger partial charge is 0.493 e. The number of aromatic amines is 2. The van der Waals surface area contributed by atoms with E-state index in [0.717, 1.165) is 4.57 Å². The molecular formula is C18H18N8O6. The first kappa shape index (κ1) is 20.1. The third-order valence-corrected chi connectivity index (χ3v) is 5.22. The van der Waals surface area contributed by atoms with Gasteiger partial charge in [-0.15, -0.1) is 10.2 Å². The highest BCUT2D eigenvalue weighted by atomic mass is 16.6. The quantitative estimate of drug-likeness (QED) is 0.210. The van der Waals surface area contributed by atoms with Gasteiger partial charge in [-0.25, -0.2) is 4.98 Å². The summed E-state index contributed by atoms with van der Waals surface area (Å²) in [6, 6.07) is 7.01. The molecule has 0 bridgehead atoms. The van der Waals surface area contributed by atoms with Gasteiger partial charge in [0, 0.05) is 5.39 Å². The number of nitrogen functional groups attached to an aromatic ring is 1. The molecule has 1 aliphatic heterocycles. The smallest absolute Gasteiger partial charge is 0.280 e. The molecule has 0 unspecified atom stereocenters. The molecule has 1 fully saturated rings. The number of anilines is 1. The van der Waals surface area contributed by atoms with Crippen LogP contribution in [-0.2, 0) is 4.74 Å². The van der Waals surface area contributed by atoms with Crippen LogP contribution in [0, 0.1) is 0 Å². The van der Waals surface area contributed by atoms with E-state index in [4.69, 9.17) is 10.5 Å². The number of para-hydroxylation sites is 1. The number of aromatic hydroxyl groups is 1. The van der Waals surface area contributed by atoms with Crippen LogP contribution in [0.25, 0.3) is 22.1 Å². The SMILES string of the molecule is Nc1nc2c(nc(N=Nc3c(O)[nH]c4ccccc34)n2[C@@H]2O[C@@H](CO)[C@@H](O)[C@@H]2O)c(=O)[nH]1. The van der Waals surface area contributed by atoms with Gasteiger partial charge in [-0.05, 0) is 6.07 Å². The van der Waals surface area contributed by atoms with Crippen molar-refractivity contribution in [2.75, 3.05) is 12.3 Å². The van der Waals surface area contributed by atoms with Crippen LogP contribution in [0.15, 0.2) is 39.3 Å². The molecule has 4 atom stereocenters. The molecule has 5 rings (SSSR count). The Bertz CT molecular complexity index is 1410. The number of aromatic nitrogens is 5. The third kappa shape index (κ3) is 3.01. The number of hydrogen-bond donors (Lipinski definition) is 7. The number of ether oxygens (including phenoxy) is 1. The van der Waals surface area contributed by atoms with Gasteiger partial charge in [0.1, 0.15) is 18.3 Å². The summed E-state index contributed by atoms with van der Waals surface area (Å²) < 4.78 is 6.71. The monoisotopic (exact) mass is 442 g/mol. The predicted molar refractivity (Wildman–Crippen MR) is 110 cm³/mol. The van der Waals surface area contributed by atoms with Gasteiger partial charge in [0.25, 0.3) is 11.5 Å². The number of rotatable bonds is 4. The summed E-state index contributed by atoms with van der Waals surface area (Å²) in [6.45, 7) is -0.558. The van der Waals surface area contributed by atoms with Gasteiger partial charge in [-0.3, -0.25) is 14.3 Å². The molecule has 14 nitrogen and oxygen atoms in total. The Morgan fingerprint density at radius 3 is 2.69 bits per heavy atom. The summed E-state index contributed by atoms with van der Waals surface area (Å²) in [5, 5.41) is 49.0. The Balaban J connectivity index is 1.68. The lowest BCUT2D eigenvalue weighted by Crippen LogP contribution is -2.33. The van der Waals surface area contributed by atoms with Crippen molar-refractivity contribution in [2.24, 2.45) is 10.2 Å². The molecule has 3 aromatic heterocycles. The number of H-pyrrole nitrogens is 2. The highest BCUT2D eigenvalue weighted by molar-refractivity contribution is 5.94. The Morgan fingerprint density at radius 1 is 1.16 bits per heavy atom. The summed E-state index contributed by atoms with van der Waals surface area (Å²) in [7, 11) is 0. The van der Waals surface area contributed by atoms with Crippen LogP contribution in [0.3, 0.4) is 0 Å². The summed E-state index contributed by atoms with van der Waals surface area (Å²) in [5.41, 5.74) is 5.52. The first-order valence-corrected chi connectivity index (χ1v) is 9.50. The summed E-state index contributed by atoms with van der Waals surface area (Å²) in [5.74, 6) is -0.651. The molecule has 4 aromatic rings. The van der Waals surface area contributed by atoms with E-state index in [1.165, 1.54) is 0 Å². The minimum absolute atomic E-state index is 0.0711. The standard InChI is InChI=1S/C18H18N8O6/c19-17-22-13-10(15(31)23-17)21-18(26(13)16-12(29)11(28)8(5-27)32-16)25-24-9-6-3-1-2-4-7(6)20-14(9)30/h1-4,8,11-12,16,20,27-30H,5H2,(H3,19,22,23,31)/t8-,11+,12-,16+/m0/s1. The fraction of sp³-hybridized carbons (Fsp3) is 0.278. The van der Waals surface area contributed by atoms with Crippen LogP contribution in [0.5, 0.6) is 5.88 Å². The number of nitrogens with two attached hydrogens (primary N) is 1. The van der Waals surface area contributed by atoms with E-state index in [2.05, 4.69) is 30.2 Å². The number of benzene rings is 1. The van der Waals surface area contributed by atoms with Gasteiger partial charge in [0.2, 0.25) is 11.8 Å². The molecule has 14 heteroatoms. The molecule has 1 aliphatic rings. The van der Waals surface area contributed by atoms with Crippen LogP contribution in [-0.4, -0.2) is 69.8 Å². The average molecular weight is 442 g/mol. The maximum absolute atomic E-state index is 12.3. The van der Waals surface area contributed by atoms with Crippen molar-refractivity contribution in [1.29, 1.82) is 0 Å². The highest BCUT2D eigenvalue weighted by Gasteiger charge is 2.45. The molecule has 8 N–H and O–H groups in total. The van der Waals surface area contributed by atoms with Gasteiger partial charge in [-0.1, -0.05) is 18.2 Å². The summed E-state index contributed by atoms with van der Waals surface area (Å²) in [6.07, 6.45) is -5.30. The Morgan fingerprint density at radius 2 is 1.94 bits per heavy atom. The second-order valence-corrected chi connectivity index (χ2v) is 7.20. The van der Waals surface area contributed by atoms with Crippen LogP contribution in [0.1, 0.15) is 6.23 Å². The number of azo groups is 1. The van der Waals surface area contributed by atoms with Crippen molar-refractivity contribution < 1.29 is 25.2 Å². The van der Waals surface area contributed by atoms with Crippen molar-refractivity contribution in [3.8, 4) is 5.88 Å². The van der Waals surface area contributed by atoms with E-state index in [1.54, 1.807) is 24.3 Å². The number of imidazole rings is 1. The minimum atomic E-state index is -1.50. The zero-order valence-electron chi connectivity index (χ0n) is 16.2. The Labute approximate surface area is 177 Å². The highest BCUT2D eigenvalue weighted by Crippen LogP contribution is 2.38. The predicted octanol–water partition coefficient (Wildman–Crippen LogP) is -0.0844. The van der Waals surface area contributed by atoms with Gasteiger partial charge in [0.15, 0.2) is 23.1 Å². The molecule has 32 heavy (non-hydrogen) atoms. The van der Waals surface area contributed by atoms with Crippen molar-refractivity contribution in [1.82, 2.24) is 24.5 Å². The van der Waals surface area contributed by atoms with Gasteiger partial charge >= 0.3 is 0 Å². The van der Waals surface area contributed by atoms with Crippen molar-refractivity contribution in [3.63, 3.8) is 0 Å². The first-order valence-electron chi connectivity index (χ1n) is 9.50. The zero-order chi connectivity index (χ0) is 22.6. The summed E-state index contributed by atoms with van der Waals surface area (Å²) in [4.78, 5) is 25.6. The maximum Gasteiger partial charge on any atom is 0.280 e.